The van der Waals surface area contributed by atoms with E-state index in [0.717, 1.165) is 23.4 Å². The normalized spacial score (nSPS) is 13.7. The summed E-state index contributed by atoms with van der Waals surface area (Å²) in [6.45, 7) is 3.20. The second-order valence-electron chi connectivity index (χ2n) is 4.13. The molecule has 1 aromatic carbocycles. The molecule has 0 spiro atoms. The fourth-order valence-electron chi connectivity index (χ4n) is 2.14. The summed E-state index contributed by atoms with van der Waals surface area (Å²) in [5.74, 6) is 0. The molecular formula is C13H12N2O2. The highest BCUT2D eigenvalue weighted by molar-refractivity contribution is 5.75. The third-order valence-corrected chi connectivity index (χ3v) is 3.03. The van der Waals surface area contributed by atoms with Crippen LogP contribution in [0.1, 0.15) is 27.3 Å². The van der Waals surface area contributed by atoms with Gasteiger partial charge in [0.25, 0.3) is 0 Å². The van der Waals surface area contributed by atoms with E-state index in [2.05, 4.69) is 5.10 Å². The average Bonchev–Trinajstić information content (AvgIpc) is 2.94. The molecule has 0 saturated heterocycles. The van der Waals surface area contributed by atoms with Gasteiger partial charge >= 0.3 is 0 Å². The summed E-state index contributed by atoms with van der Waals surface area (Å²) in [6, 6.07) is 7.41. The van der Waals surface area contributed by atoms with Gasteiger partial charge in [-0.05, 0) is 19.1 Å². The summed E-state index contributed by atoms with van der Waals surface area (Å²) in [4.78, 5) is 10.8. The number of aryl methyl sites for hydroxylation is 1. The quantitative estimate of drug-likeness (QED) is 0.739. The van der Waals surface area contributed by atoms with Gasteiger partial charge in [-0.3, -0.25) is 4.79 Å². The molecule has 0 bridgehead atoms. The minimum absolute atomic E-state index is 0.585. The molecule has 0 N–H and O–H groups in total. The predicted molar refractivity (Wildman–Crippen MR) is 62.2 cm³/mol. The number of nitrogens with zero attached hydrogens (tertiary/aromatic N) is 2. The van der Waals surface area contributed by atoms with Gasteiger partial charge in [-0.25, -0.2) is 4.68 Å². The van der Waals surface area contributed by atoms with Crippen LogP contribution in [0.25, 0.3) is 5.69 Å². The summed E-state index contributed by atoms with van der Waals surface area (Å²) in [6.07, 6.45) is 0.844. The zero-order valence-electron chi connectivity index (χ0n) is 9.51. The first-order chi connectivity index (χ1) is 8.29. The molecule has 17 heavy (non-hydrogen) atoms. The van der Waals surface area contributed by atoms with Crippen molar-refractivity contribution in [2.45, 2.75) is 20.1 Å². The van der Waals surface area contributed by atoms with Crippen molar-refractivity contribution >= 4 is 6.29 Å². The molecule has 0 amide bonds. The molecule has 3 rings (SSSR count). The van der Waals surface area contributed by atoms with Crippen LogP contribution in [0.3, 0.4) is 0 Å². The molecule has 0 aliphatic carbocycles. The monoisotopic (exact) mass is 228 g/mol. The Morgan fingerprint density at radius 2 is 2.29 bits per heavy atom. The van der Waals surface area contributed by atoms with Crippen LogP contribution in [0.4, 0.5) is 0 Å². The first-order valence-electron chi connectivity index (χ1n) is 5.50. The number of hydrogen-bond donors (Lipinski definition) is 0. The highest BCUT2D eigenvalue weighted by atomic mass is 16.5. The number of hydrogen-bond acceptors (Lipinski definition) is 3. The van der Waals surface area contributed by atoms with E-state index in [0.29, 0.717) is 18.8 Å². The van der Waals surface area contributed by atoms with Gasteiger partial charge in [0.15, 0.2) is 0 Å². The van der Waals surface area contributed by atoms with Crippen LogP contribution in [0.2, 0.25) is 0 Å². The van der Waals surface area contributed by atoms with Gasteiger partial charge in [0, 0.05) is 11.1 Å². The lowest BCUT2D eigenvalue weighted by Crippen LogP contribution is -2.02. The van der Waals surface area contributed by atoms with Gasteiger partial charge in [0.05, 0.1) is 30.3 Å². The second kappa shape index (κ2) is 3.82. The van der Waals surface area contributed by atoms with Crippen molar-refractivity contribution in [1.82, 2.24) is 9.78 Å². The van der Waals surface area contributed by atoms with Gasteiger partial charge in [0.2, 0.25) is 0 Å². The number of benzene rings is 1. The molecule has 1 aliphatic heterocycles. The SMILES string of the molecule is Cc1nn(-c2cccc(C=O)c2)c2c1COC2. The number of carbonyl (C=O) groups excluding carboxylic acids is 1. The molecule has 0 fully saturated rings. The maximum absolute atomic E-state index is 10.8. The molecule has 4 heteroatoms. The zero-order chi connectivity index (χ0) is 11.8. The third-order valence-electron chi connectivity index (χ3n) is 3.03. The number of aromatic nitrogens is 2. The minimum atomic E-state index is 0.585. The molecule has 0 atom stereocenters. The van der Waals surface area contributed by atoms with Gasteiger partial charge in [0.1, 0.15) is 6.29 Å². The van der Waals surface area contributed by atoms with E-state index in [1.165, 1.54) is 5.56 Å². The summed E-state index contributed by atoms with van der Waals surface area (Å²) in [7, 11) is 0. The van der Waals surface area contributed by atoms with E-state index in [9.17, 15) is 4.79 Å². The van der Waals surface area contributed by atoms with Gasteiger partial charge in [-0.2, -0.15) is 5.10 Å². The Morgan fingerprint density at radius 3 is 3.12 bits per heavy atom. The van der Waals surface area contributed by atoms with E-state index in [-0.39, 0.29) is 0 Å². The smallest absolute Gasteiger partial charge is 0.150 e. The highest BCUT2D eigenvalue weighted by Crippen LogP contribution is 2.25. The van der Waals surface area contributed by atoms with E-state index in [1.54, 1.807) is 6.07 Å². The number of ether oxygens (including phenoxy) is 1. The van der Waals surface area contributed by atoms with Crippen LogP contribution < -0.4 is 0 Å². The summed E-state index contributed by atoms with van der Waals surface area (Å²) >= 11 is 0. The van der Waals surface area contributed by atoms with E-state index >= 15 is 0 Å². The average molecular weight is 228 g/mol. The molecule has 2 aromatic rings. The van der Waals surface area contributed by atoms with Gasteiger partial charge in [-0.1, -0.05) is 12.1 Å². The van der Waals surface area contributed by atoms with Crippen molar-refractivity contribution in [1.29, 1.82) is 0 Å². The lowest BCUT2D eigenvalue weighted by atomic mass is 10.2. The predicted octanol–water partition coefficient (Wildman–Crippen LogP) is 2.02. The van der Waals surface area contributed by atoms with Gasteiger partial charge in [-0.15, -0.1) is 0 Å². The van der Waals surface area contributed by atoms with E-state index < -0.39 is 0 Å². The Hall–Kier alpha value is -1.94. The zero-order valence-corrected chi connectivity index (χ0v) is 9.51. The van der Waals surface area contributed by atoms with Crippen LogP contribution in [0, 0.1) is 6.92 Å². The summed E-state index contributed by atoms with van der Waals surface area (Å²) < 4.78 is 7.29. The maximum atomic E-state index is 10.8. The second-order valence-corrected chi connectivity index (χ2v) is 4.13. The van der Waals surface area contributed by atoms with Crippen molar-refractivity contribution in [3.8, 4) is 5.69 Å². The Bertz CT molecular complexity index is 587. The standard InChI is InChI=1S/C13H12N2O2/c1-9-12-7-17-8-13(12)15(14-9)11-4-2-3-10(5-11)6-16/h2-6H,7-8H2,1H3. The van der Waals surface area contributed by atoms with Crippen LogP contribution in [-0.2, 0) is 18.0 Å². The van der Waals surface area contributed by atoms with Crippen LogP contribution in [0.5, 0.6) is 0 Å². The number of rotatable bonds is 2. The molecule has 1 aromatic heterocycles. The molecule has 2 heterocycles. The fraction of sp³-hybridized carbons (Fsp3) is 0.231. The molecule has 86 valence electrons. The topological polar surface area (TPSA) is 44.1 Å². The Labute approximate surface area is 98.8 Å². The highest BCUT2D eigenvalue weighted by Gasteiger charge is 2.21. The Balaban J connectivity index is 2.15. The van der Waals surface area contributed by atoms with E-state index in [1.807, 2.05) is 29.8 Å². The number of carbonyl (C=O) groups is 1. The Morgan fingerprint density at radius 1 is 1.41 bits per heavy atom. The number of fused-ring (bicyclic) bond motifs is 1. The first-order valence-corrected chi connectivity index (χ1v) is 5.50. The lowest BCUT2D eigenvalue weighted by molar-refractivity contribution is 0.112. The van der Waals surface area contributed by atoms with E-state index in [4.69, 9.17) is 4.74 Å². The van der Waals surface area contributed by atoms with Crippen molar-refractivity contribution in [2.75, 3.05) is 0 Å². The van der Waals surface area contributed by atoms with Crippen LogP contribution in [0.15, 0.2) is 24.3 Å². The van der Waals surface area contributed by atoms with Crippen molar-refractivity contribution in [3.63, 3.8) is 0 Å². The molecule has 4 nitrogen and oxygen atoms in total. The van der Waals surface area contributed by atoms with Crippen molar-refractivity contribution in [2.24, 2.45) is 0 Å². The largest absolute Gasteiger partial charge is 0.370 e. The number of aldehydes is 1. The van der Waals surface area contributed by atoms with Crippen LogP contribution in [-0.4, -0.2) is 16.1 Å². The molecular weight excluding hydrogens is 216 g/mol. The third kappa shape index (κ3) is 1.57. The molecule has 0 saturated carbocycles. The molecule has 0 unspecified atom stereocenters. The van der Waals surface area contributed by atoms with Crippen molar-refractivity contribution in [3.05, 3.63) is 46.8 Å². The minimum Gasteiger partial charge on any atom is -0.370 e. The lowest BCUT2D eigenvalue weighted by Gasteiger charge is -2.05. The summed E-state index contributed by atoms with van der Waals surface area (Å²) in [5, 5.41) is 4.50. The summed E-state index contributed by atoms with van der Waals surface area (Å²) in [5.41, 5.74) is 4.81. The van der Waals surface area contributed by atoms with Crippen LogP contribution >= 0.6 is 0 Å². The fourth-order valence-corrected chi connectivity index (χ4v) is 2.14. The molecule has 1 aliphatic rings. The first kappa shape index (κ1) is 10.2. The maximum Gasteiger partial charge on any atom is 0.150 e. The van der Waals surface area contributed by atoms with Gasteiger partial charge < -0.3 is 4.74 Å². The van der Waals surface area contributed by atoms with Crippen molar-refractivity contribution < 1.29 is 9.53 Å². The Kier molecular flexibility index (Phi) is 2.30. The molecule has 0 radical (unpaired) electrons.